The molecule has 1 saturated heterocycles. The lowest BCUT2D eigenvalue weighted by Crippen LogP contribution is -2.46. The third-order valence-electron chi connectivity index (χ3n) is 3.64. The zero-order valence-corrected chi connectivity index (χ0v) is 11.3. The lowest BCUT2D eigenvalue weighted by molar-refractivity contribution is 0.0830. The number of nitrogens with zero attached hydrogens (tertiary/aromatic N) is 1. The van der Waals surface area contributed by atoms with E-state index in [9.17, 15) is 0 Å². The first-order chi connectivity index (χ1) is 7.67. The highest BCUT2D eigenvalue weighted by Gasteiger charge is 2.22. The van der Waals surface area contributed by atoms with E-state index in [0.717, 1.165) is 12.5 Å². The number of hydrogen-bond acceptors (Lipinski definition) is 3. The highest BCUT2D eigenvalue weighted by molar-refractivity contribution is 4.78. The number of likely N-dealkylation sites (N-methyl/N-ethyl adjacent to an activating group) is 1. The van der Waals surface area contributed by atoms with Gasteiger partial charge in [0, 0.05) is 26.2 Å². The number of nitrogens with one attached hydrogen (secondary N) is 1. The Morgan fingerprint density at radius 3 is 2.75 bits per heavy atom. The Balaban J connectivity index is 2.35. The molecule has 1 heterocycles. The van der Waals surface area contributed by atoms with Gasteiger partial charge in [0.05, 0.1) is 6.61 Å². The van der Waals surface area contributed by atoms with Crippen molar-refractivity contribution in [2.75, 3.05) is 40.4 Å². The number of rotatable bonds is 6. The van der Waals surface area contributed by atoms with E-state index in [1.807, 2.05) is 7.11 Å². The van der Waals surface area contributed by atoms with Gasteiger partial charge in [0.1, 0.15) is 0 Å². The minimum Gasteiger partial charge on any atom is -0.384 e. The molecular weight excluding hydrogens is 200 g/mol. The average Bonchev–Trinajstić information content (AvgIpc) is 2.26. The van der Waals surface area contributed by atoms with Crippen LogP contribution in [-0.4, -0.2) is 51.3 Å². The van der Waals surface area contributed by atoms with E-state index < -0.39 is 0 Å². The van der Waals surface area contributed by atoms with Gasteiger partial charge in [0.2, 0.25) is 0 Å². The number of methoxy groups -OCH3 is 1. The third kappa shape index (κ3) is 4.40. The summed E-state index contributed by atoms with van der Waals surface area (Å²) in [5.74, 6) is 1.44. The van der Waals surface area contributed by atoms with Gasteiger partial charge in [-0.05, 0) is 38.3 Å². The zero-order chi connectivity index (χ0) is 12.0. The largest absolute Gasteiger partial charge is 0.384 e. The van der Waals surface area contributed by atoms with Crippen molar-refractivity contribution in [3.05, 3.63) is 0 Å². The Labute approximate surface area is 101 Å². The Morgan fingerprint density at radius 2 is 2.19 bits per heavy atom. The van der Waals surface area contributed by atoms with Gasteiger partial charge in [-0.2, -0.15) is 0 Å². The van der Waals surface area contributed by atoms with E-state index in [1.54, 1.807) is 0 Å². The van der Waals surface area contributed by atoms with Crippen molar-refractivity contribution >= 4 is 0 Å². The Morgan fingerprint density at radius 1 is 1.44 bits per heavy atom. The second kappa shape index (κ2) is 7.25. The fourth-order valence-electron chi connectivity index (χ4n) is 2.60. The summed E-state index contributed by atoms with van der Waals surface area (Å²) in [5.41, 5.74) is 0. The van der Waals surface area contributed by atoms with E-state index in [-0.39, 0.29) is 0 Å². The maximum absolute atomic E-state index is 5.27. The summed E-state index contributed by atoms with van der Waals surface area (Å²) in [7, 11) is 3.88. The molecule has 0 bridgehead atoms. The first kappa shape index (κ1) is 13.9. The molecule has 0 radical (unpaired) electrons. The lowest BCUT2D eigenvalue weighted by Gasteiger charge is -2.35. The SMILES string of the molecule is CNC(CN1CCCC(COC)C1)C(C)C. The molecule has 2 unspecified atom stereocenters. The standard InChI is InChI=1S/C13H28N2O/c1-11(2)13(14-3)9-15-7-5-6-12(8-15)10-16-4/h11-14H,5-10H2,1-4H3. The Kier molecular flexibility index (Phi) is 6.32. The van der Waals surface area contributed by atoms with Crippen LogP contribution in [-0.2, 0) is 4.74 Å². The molecule has 16 heavy (non-hydrogen) atoms. The van der Waals surface area contributed by atoms with Gasteiger partial charge in [-0.3, -0.25) is 0 Å². The molecule has 0 amide bonds. The van der Waals surface area contributed by atoms with Crippen LogP contribution in [0.25, 0.3) is 0 Å². The van der Waals surface area contributed by atoms with Crippen LogP contribution < -0.4 is 5.32 Å². The van der Waals surface area contributed by atoms with Crippen LogP contribution in [0.2, 0.25) is 0 Å². The van der Waals surface area contributed by atoms with Crippen LogP contribution in [0.15, 0.2) is 0 Å². The van der Waals surface area contributed by atoms with Gasteiger partial charge in [0.15, 0.2) is 0 Å². The van der Waals surface area contributed by atoms with E-state index >= 15 is 0 Å². The monoisotopic (exact) mass is 228 g/mol. The van der Waals surface area contributed by atoms with Crippen molar-refractivity contribution < 1.29 is 4.74 Å². The van der Waals surface area contributed by atoms with Crippen molar-refractivity contribution in [1.82, 2.24) is 10.2 Å². The molecule has 1 fully saturated rings. The fourth-order valence-corrected chi connectivity index (χ4v) is 2.60. The molecule has 0 aromatic heterocycles. The maximum Gasteiger partial charge on any atom is 0.0502 e. The summed E-state index contributed by atoms with van der Waals surface area (Å²) in [4.78, 5) is 2.59. The van der Waals surface area contributed by atoms with Crippen molar-refractivity contribution in [2.24, 2.45) is 11.8 Å². The highest BCUT2D eigenvalue weighted by Crippen LogP contribution is 2.17. The summed E-state index contributed by atoms with van der Waals surface area (Å²) < 4.78 is 5.27. The van der Waals surface area contributed by atoms with Crippen LogP contribution in [0, 0.1) is 11.8 Å². The summed E-state index contributed by atoms with van der Waals surface area (Å²) in [5, 5.41) is 3.42. The molecule has 1 aliphatic rings. The van der Waals surface area contributed by atoms with Gasteiger partial charge in [0.25, 0.3) is 0 Å². The Bertz CT molecular complexity index is 183. The van der Waals surface area contributed by atoms with Crippen LogP contribution in [0.4, 0.5) is 0 Å². The van der Waals surface area contributed by atoms with E-state index in [1.165, 1.54) is 32.5 Å². The normalized spacial score (nSPS) is 24.9. The van der Waals surface area contributed by atoms with E-state index in [0.29, 0.717) is 12.0 Å². The molecular formula is C13H28N2O. The van der Waals surface area contributed by atoms with Gasteiger partial charge in [-0.25, -0.2) is 0 Å². The van der Waals surface area contributed by atoms with Crippen LogP contribution in [0.3, 0.4) is 0 Å². The molecule has 1 aliphatic heterocycles. The molecule has 1 N–H and O–H groups in total. The molecule has 96 valence electrons. The third-order valence-corrected chi connectivity index (χ3v) is 3.64. The number of piperidine rings is 1. The van der Waals surface area contributed by atoms with Gasteiger partial charge in [-0.15, -0.1) is 0 Å². The Hall–Kier alpha value is -0.120. The van der Waals surface area contributed by atoms with Gasteiger partial charge in [-0.1, -0.05) is 13.8 Å². The van der Waals surface area contributed by atoms with Crippen molar-refractivity contribution in [2.45, 2.75) is 32.7 Å². The summed E-state index contributed by atoms with van der Waals surface area (Å²) in [6, 6.07) is 0.612. The zero-order valence-electron chi connectivity index (χ0n) is 11.3. The second-order valence-corrected chi connectivity index (χ2v) is 5.36. The second-order valence-electron chi connectivity index (χ2n) is 5.36. The lowest BCUT2D eigenvalue weighted by atomic mass is 9.97. The molecule has 0 spiro atoms. The van der Waals surface area contributed by atoms with Crippen LogP contribution >= 0.6 is 0 Å². The van der Waals surface area contributed by atoms with Crippen LogP contribution in [0.1, 0.15) is 26.7 Å². The number of ether oxygens (including phenoxy) is 1. The predicted molar refractivity (Wildman–Crippen MR) is 68.7 cm³/mol. The first-order valence-electron chi connectivity index (χ1n) is 6.56. The van der Waals surface area contributed by atoms with Gasteiger partial charge < -0.3 is 15.0 Å². The smallest absolute Gasteiger partial charge is 0.0502 e. The molecule has 0 saturated carbocycles. The van der Waals surface area contributed by atoms with Crippen molar-refractivity contribution in [3.8, 4) is 0 Å². The van der Waals surface area contributed by atoms with E-state index in [4.69, 9.17) is 4.74 Å². The molecule has 2 atom stereocenters. The highest BCUT2D eigenvalue weighted by atomic mass is 16.5. The molecule has 0 aromatic carbocycles. The minimum atomic E-state index is 0.612. The average molecular weight is 228 g/mol. The fraction of sp³-hybridized carbons (Fsp3) is 1.00. The summed E-state index contributed by atoms with van der Waals surface area (Å²) in [6.07, 6.45) is 2.65. The molecule has 0 aliphatic carbocycles. The summed E-state index contributed by atoms with van der Waals surface area (Å²) in [6.45, 7) is 9.14. The quantitative estimate of drug-likeness (QED) is 0.747. The topological polar surface area (TPSA) is 24.5 Å². The van der Waals surface area contributed by atoms with Crippen LogP contribution in [0.5, 0.6) is 0 Å². The van der Waals surface area contributed by atoms with Crippen molar-refractivity contribution in [1.29, 1.82) is 0 Å². The molecule has 3 heteroatoms. The molecule has 0 aromatic rings. The van der Waals surface area contributed by atoms with Gasteiger partial charge >= 0.3 is 0 Å². The number of hydrogen-bond donors (Lipinski definition) is 1. The summed E-state index contributed by atoms with van der Waals surface area (Å²) >= 11 is 0. The first-order valence-corrected chi connectivity index (χ1v) is 6.56. The molecule has 3 nitrogen and oxygen atoms in total. The minimum absolute atomic E-state index is 0.612. The number of likely N-dealkylation sites (tertiary alicyclic amines) is 1. The molecule has 1 rings (SSSR count). The van der Waals surface area contributed by atoms with Crippen molar-refractivity contribution in [3.63, 3.8) is 0 Å². The van der Waals surface area contributed by atoms with E-state index in [2.05, 4.69) is 31.1 Å². The predicted octanol–water partition coefficient (Wildman–Crippen LogP) is 1.59. The maximum atomic E-state index is 5.27.